The third-order valence-electron chi connectivity index (χ3n) is 3.94. The normalized spacial score (nSPS) is 13.0. The zero-order valence-corrected chi connectivity index (χ0v) is 15.3. The van der Waals surface area contributed by atoms with Crippen molar-refractivity contribution in [1.82, 2.24) is 20.6 Å². The van der Waals surface area contributed by atoms with E-state index in [1.807, 2.05) is 42.6 Å². The van der Waals surface area contributed by atoms with Crippen LogP contribution in [-0.4, -0.2) is 27.8 Å². The molecule has 26 heavy (non-hydrogen) atoms. The number of hydrogen-bond donors (Lipinski definition) is 3. The largest absolute Gasteiger partial charge is 0.345 e. The Balaban J connectivity index is 1.59. The SMILES string of the molecule is C[C@H](NC(=O)[C@@H](C)NC(=O)c1cccs1)c1ncc(-c2ccccc2)[nH]1. The Morgan fingerprint density at radius 3 is 2.54 bits per heavy atom. The summed E-state index contributed by atoms with van der Waals surface area (Å²) in [5, 5.41) is 7.39. The van der Waals surface area contributed by atoms with Crippen LogP contribution < -0.4 is 10.6 Å². The summed E-state index contributed by atoms with van der Waals surface area (Å²) >= 11 is 1.34. The molecular formula is C19H20N4O2S. The number of imidazole rings is 1. The molecule has 6 nitrogen and oxygen atoms in total. The Morgan fingerprint density at radius 1 is 1.08 bits per heavy atom. The fraction of sp³-hybridized carbons (Fsp3) is 0.211. The van der Waals surface area contributed by atoms with Crippen molar-refractivity contribution in [3.05, 3.63) is 64.7 Å². The lowest BCUT2D eigenvalue weighted by atomic mass is 10.2. The molecule has 2 atom stereocenters. The molecule has 2 heterocycles. The minimum absolute atomic E-state index is 0.250. The molecule has 3 aromatic rings. The molecule has 3 N–H and O–H groups in total. The molecule has 1 aromatic carbocycles. The molecular weight excluding hydrogens is 348 g/mol. The summed E-state index contributed by atoms with van der Waals surface area (Å²) in [6, 6.07) is 12.4. The summed E-state index contributed by atoms with van der Waals surface area (Å²) in [5.41, 5.74) is 1.92. The molecule has 0 unspecified atom stereocenters. The van der Waals surface area contributed by atoms with E-state index in [0.717, 1.165) is 11.3 Å². The predicted molar refractivity (Wildman–Crippen MR) is 102 cm³/mol. The molecule has 2 aromatic heterocycles. The van der Waals surface area contributed by atoms with Crippen molar-refractivity contribution in [2.24, 2.45) is 0 Å². The van der Waals surface area contributed by atoms with E-state index in [9.17, 15) is 9.59 Å². The lowest BCUT2D eigenvalue weighted by Crippen LogP contribution is -2.45. The molecule has 3 rings (SSSR count). The van der Waals surface area contributed by atoms with E-state index in [1.54, 1.807) is 25.3 Å². The number of H-pyrrole nitrogens is 1. The zero-order valence-electron chi connectivity index (χ0n) is 14.5. The Kier molecular flexibility index (Phi) is 5.48. The second kappa shape index (κ2) is 7.97. The van der Waals surface area contributed by atoms with E-state index in [2.05, 4.69) is 20.6 Å². The first-order chi connectivity index (χ1) is 12.5. The standard InChI is InChI=1S/C19H20N4O2S/c1-12(17-20-11-15(23-17)14-7-4-3-5-8-14)21-18(24)13(2)22-19(25)16-9-6-10-26-16/h3-13H,1-2H3,(H,20,23)(H,21,24)(H,22,25)/t12-,13+/m0/s1. The summed E-state index contributed by atoms with van der Waals surface area (Å²) < 4.78 is 0. The van der Waals surface area contributed by atoms with Crippen molar-refractivity contribution in [2.75, 3.05) is 0 Å². The fourth-order valence-corrected chi connectivity index (χ4v) is 3.10. The Morgan fingerprint density at radius 2 is 1.85 bits per heavy atom. The molecule has 0 radical (unpaired) electrons. The van der Waals surface area contributed by atoms with Crippen LogP contribution in [-0.2, 0) is 4.79 Å². The Hall–Kier alpha value is -2.93. The van der Waals surface area contributed by atoms with Crippen LogP contribution in [0, 0.1) is 0 Å². The number of aromatic amines is 1. The van der Waals surface area contributed by atoms with Gasteiger partial charge in [0.1, 0.15) is 11.9 Å². The van der Waals surface area contributed by atoms with Gasteiger partial charge in [-0.25, -0.2) is 4.98 Å². The quantitative estimate of drug-likeness (QED) is 0.625. The van der Waals surface area contributed by atoms with E-state index >= 15 is 0 Å². The van der Waals surface area contributed by atoms with Crippen LogP contribution in [0.2, 0.25) is 0 Å². The predicted octanol–water partition coefficient (Wildman–Crippen LogP) is 3.13. The minimum atomic E-state index is -0.643. The van der Waals surface area contributed by atoms with E-state index in [-0.39, 0.29) is 17.9 Å². The molecule has 0 fully saturated rings. The number of aromatic nitrogens is 2. The van der Waals surface area contributed by atoms with Crippen molar-refractivity contribution >= 4 is 23.2 Å². The highest BCUT2D eigenvalue weighted by Crippen LogP contribution is 2.18. The third-order valence-corrected chi connectivity index (χ3v) is 4.80. The van der Waals surface area contributed by atoms with Crippen molar-refractivity contribution in [3.8, 4) is 11.3 Å². The number of hydrogen-bond acceptors (Lipinski definition) is 4. The lowest BCUT2D eigenvalue weighted by molar-refractivity contribution is -0.123. The number of carbonyl (C=O) groups excluding carboxylic acids is 2. The third kappa shape index (κ3) is 4.18. The number of amides is 2. The van der Waals surface area contributed by atoms with E-state index in [4.69, 9.17) is 0 Å². The van der Waals surface area contributed by atoms with Gasteiger partial charge in [-0.15, -0.1) is 11.3 Å². The first-order valence-corrected chi connectivity index (χ1v) is 9.17. The maximum atomic E-state index is 12.3. The summed E-state index contributed by atoms with van der Waals surface area (Å²) in [4.78, 5) is 32.5. The highest BCUT2D eigenvalue weighted by atomic mass is 32.1. The van der Waals surface area contributed by atoms with Crippen LogP contribution in [0.15, 0.2) is 54.0 Å². The highest BCUT2D eigenvalue weighted by molar-refractivity contribution is 7.12. The minimum Gasteiger partial charge on any atom is -0.345 e. The summed E-state index contributed by atoms with van der Waals surface area (Å²) in [6.07, 6.45) is 1.75. The molecule has 0 bridgehead atoms. The topological polar surface area (TPSA) is 86.9 Å². The number of nitrogens with one attached hydrogen (secondary N) is 3. The van der Waals surface area contributed by atoms with Crippen LogP contribution in [0.25, 0.3) is 11.3 Å². The van der Waals surface area contributed by atoms with Crippen molar-refractivity contribution < 1.29 is 9.59 Å². The molecule has 0 aliphatic carbocycles. The maximum absolute atomic E-state index is 12.3. The molecule has 7 heteroatoms. The number of benzene rings is 1. The van der Waals surface area contributed by atoms with Gasteiger partial charge in [0.2, 0.25) is 5.91 Å². The van der Waals surface area contributed by atoms with Crippen LogP contribution in [0.1, 0.15) is 35.4 Å². The first kappa shape index (κ1) is 17.9. The molecule has 134 valence electrons. The number of thiophene rings is 1. The van der Waals surface area contributed by atoms with Crippen molar-refractivity contribution in [2.45, 2.75) is 25.9 Å². The van der Waals surface area contributed by atoms with Gasteiger partial charge in [0, 0.05) is 0 Å². The molecule has 0 saturated carbocycles. The molecule has 0 aliphatic rings. The number of carbonyl (C=O) groups is 2. The highest BCUT2D eigenvalue weighted by Gasteiger charge is 2.20. The average molecular weight is 368 g/mol. The van der Waals surface area contributed by atoms with Gasteiger partial charge in [0.15, 0.2) is 0 Å². The summed E-state index contributed by atoms with van der Waals surface area (Å²) in [6.45, 7) is 3.50. The van der Waals surface area contributed by atoms with Gasteiger partial charge < -0.3 is 15.6 Å². The van der Waals surface area contributed by atoms with Crippen molar-refractivity contribution in [3.63, 3.8) is 0 Å². The van der Waals surface area contributed by atoms with E-state index < -0.39 is 6.04 Å². The molecule has 2 amide bonds. The zero-order chi connectivity index (χ0) is 18.5. The lowest BCUT2D eigenvalue weighted by Gasteiger charge is -2.17. The molecule has 0 spiro atoms. The molecule has 0 saturated heterocycles. The van der Waals surface area contributed by atoms with Crippen LogP contribution >= 0.6 is 11.3 Å². The molecule has 0 aliphatic heterocycles. The smallest absolute Gasteiger partial charge is 0.261 e. The Bertz CT molecular complexity index is 874. The van der Waals surface area contributed by atoms with Gasteiger partial charge in [-0.3, -0.25) is 9.59 Å². The second-order valence-electron chi connectivity index (χ2n) is 5.95. The van der Waals surface area contributed by atoms with Crippen LogP contribution in [0.3, 0.4) is 0 Å². The summed E-state index contributed by atoms with van der Waals surface area (Å²) in [5.74, 6) is 0.147. The van der Waals surface area contributed by atoms with Gasteiger partial charge in [-0.2, -0.15) is 0 Å². The van der Waals surface area contributed by atoms with Crippen LogP contribution in [0.5, 0.6) is 0 Å². The fourth-order valence-electron chi connectivity index (χ4n) is 2.47. The first-order valence-electron chi connectivity index (χ1n) is 8.29. The van der Waals surface area contributed by atoms with Crippen LogP contribution in [0.4, 0.5) is 0 Å². The van der Waals surface area contributed by atoms with Gasteiger partial charge in [0.25, 0.3) is 5.91 Å². The van der Waals surface area contributed by atoms with Gasteiger partial charge >= 0.3 is 0 Å². The van der Waals surface area contributed by atoms with E-state index in [1.165, 1.54) is 11.3 Å². The van der Waals surface area contributed by atoms with Gasteiger partial charge in [-0.05, 0) is 30.9 Å². The number of rotatable bonds is 6. The summed E-state index contributed by atoms with van der Waals surface area (Å²) in [7, 11) is 0. The second-order valence-corrected chi connectivity index (χ2v) is 6.90. The van der Waals surface area contributed by atoms with Gasteiger partial charge in [-0.1, -0.05) is 36.4 Å². The monoisotopic (exact) mass is 368 g/mol. The van der Waals surface area contributed by atoms with Gasteiger partial charge in [0.05, 0.1) is 22.8 Å². The Labute approximate surface area is 155 Å². The maximum Gasteiger partial charge on any atom is 0.261 e. The van der Waals surface area contributed by atoms with Crippen molar-refractivity contribution in [1.29, 1.82) is 0 Å². The van der Waals surface area contributed by atoms with E-state index in [0.29, 0.717) is 10.7 Å². The number of nitrogens with zero attached hydrogens (tertiary/aromatic N) is 1. The average Bonchev–Trinajstić information content (AvgIpc) is 3.34.